The van der Waals surface area contributed by atoms with Gasteiger partial charge >= 0.3 is 5.97 Å². The standard InChI is InChI=1S/C15H26N2O3/c1-10(2)6-13(9-17(4)5)16-8-12-7-14(15(18)19)20-11(12)3/h7,10,13,16H,6,8-9H2,1-5H3,(H,18,19). The number of likely N-dealkylation sites (N-methyl/N-ethyl adjacent to an activating group) is 1. The molecule has 20 heavy (non-hydrogen) atoms. The summed E-state index contributed by atoms with van der Waals surface area (Å²) in [6.45, 7) is 7.80. The lowest BCUT2D eigenvalue weighted by Gasteiger charge is -2.24. The van der Waals surface area contributed by atoms with Crippen molar-refractivity contribution in [3.05, 3.63) is 23.2 Å². The molecule has 0 saturated carbocycles. The molecule has 1 aromatic rings. The van der Waals surface area contributed by atoms with Gasteiger partial charge in [0.1, 0.15) is 5.76 Å². The lowest BCUT2D eigenvalue weighted by atomic mass is 10.0. The van der Waals surface area contributed by atoms with Crippen LogP contribution in [-0.4, -0.2) is 42.7 Å². The maximum atomic E-state index is 10.9. The number of nitrogens with zero attached hydrogens (tertiary/aromatic N) is 1. The number of furan rings is 1. The SMILES string of the molecule is Cc1oc(C(=O)O)cc1CNC(CC(C)C)CN(C)C. The molecule has 0 fully saturated rings. The number of carboxylic acid groups (broad SMARTS) is 1. The van der Waals surface area contributed by atoms with E-state index in [0.717, 1.165) is 18.5 Å². The minimum atomic E-state index is -1.02. The van der Waals surface area contributed by atoms with Gasteiger partial charge in [-0.15, -0.1) is 0 Å². The van der Waals surface area contributed by atoms with Gasteiger partial charge in [-0.2, -0.15) is 0 Å². The molecule has 0 aliphatic heterocycles. The van der Waals surface area contributed by atoms with Gasteiger partial charge in [0.25, 0.3) is 0 Å². The van der Waals surface area contributed by atoms with E-state index in [-0.39, 0.29) is 5.76 Å². The van der Waals surface area contributed by atoms with Crippen molar-refractivity contribution in [3.8, 4) is 0 Å². The van der Waals surface area contributed by atoms with Gasteiger partial charge in [-0.1, -0.05) is 13.8 Å². The third-order valence-electron chi connectivity index (χ3n) is 3.15. The normalized spacial score (nSPS) is 13.2. The minimum Gasteiger partial charge on any atom is -0.475 e. The second-order valence-corrected chi connectivity index (χ2v) is 5.97. The molecule has 0 spiro atoms. The van der Waals surface area contributed by atoms with Crippen LogP contribution in [0.1, 0.15) is 42.1 Å². The first-order valence-electron chi connectivity index (χ1n) is 7.00. The summed E-state index contributed by atoms with van der Waals surface area (Å²) in [7, 11) is 4.11. The molecular weight excluding hydrogens is 256 g/mol. The van der Waals surface area contributed by atoms with E-state index in [9.17, 15) is 4.79 Å². The van der Waals surface area contributed by atoms with E-state index in [1.54, 1.807) is 13.0 Å². The number of hydrogen-bond donors (Lipinski definition) is 2. The molecule has 5 nitrogen and oxygen atoms in total. The quantitative estimate of drug-likeness (QED) is 0.766. The van der Waals surface area contributed by atoms with Crippen molar-refractivity contribution in [2.24, 2.45) is 5.92 Å². The fourth-order valence-corrected chi connectivity index (χ4v) is 2.29. The van der Waals surface area contributed by atoms with E-state index >= 15 is 0 Å². The largest absolute Gasteiger partial charge is 0.475 e. The number of carbonyl (C=O) groups is 1. The van der Waals surface area contributed by atoms with Crippen molar-refractivity contribution in [2.75, 3.05) is 20.6 Å². The average Bonchev–Trinajstić information content (AvgIpc) is 2.66. The van der Waals surface area contributed by atoms with E-state index in [1.165, 1.54) is 0 Å². The third-order valence-corrected chi connectivity index (χ3v) is 3.15. The summed E-state index contributed by atoms with van der Waals surface area (Å²) in [5, 5.41) is 12.4. The van der Waals surface area contributed by atoms with E-state index in [2.05, 4.69) is 38.2 Å². The number of aryl methyl sites for hydroxylation is 1. The van der Waals surface area contributed by atoms with Crippen LogP contribution >= 0.6 is 0 Å². The second kappa shape index (κ2) is 7.45. The third kappa shape index (κ3) is 5.35. The molecule has 1 atom stereocenters. The van der Waals surface area contributed by atoms with Gasteiger partial charge < -0.3 is 19.7 Å². The Morgan fingerprint density at radius 2 is 2.10 bits per heavy atom. The molecule has 114 valence electrons. The first kappa shape index (κ1) is 16.7. The van der Waals surface area contributed by atoms with Crippen LogP contribution in [0, 0.1) is 12.8 Å². The van der Waals surface area contributed by atoms with Gasteiger partial charge in [0.15, 0.2) is 0 Å². The van der Waals surface area contributed by atoms with Crippen molar-refractivity contribution in [1.82, 2.24) is 10.2 Å². The summed E-state index contributed by atoms with van der Waals surface area (Å²) >= 11 is 0. The highest BCUT2D eigenvalue weighted by molar-refractivity contribution is 5.84. The van der Waals surface area contributed by atoms with Gasteiger partial charge in [0.05, 0.1) is 0 Å². The topological polar surface area (TPSA) is 65.7 Å². The van der Waals surface area contributed by atoms with Crippen LogP contribution in [0.25, 0.3) is 0 Å². The van der Waals surface area contributed by atoms with Crippen LogP contribution in [0.3, 0.4) is 0 Å². The Labute approximate surface area is 121 Å². The Morgan fingerprint density at radius 3 is 2.55 bits per heavy atom. The van der Waals surface area contributed by atoms with Crippen LogP contribution in [0.4, 0.5) is 0 Å². The molecule has 1 rings (SSSR count). The van der Waals surface area contributed by atoms with Crippen molar-refractivity contribution in [1.29, 1.82) is 0 Å². The molecule has 0 amide bonds. The molecule has 0 aliphatic carbocycles. The van der Waals surface area contributed by atoms with Crippen LogP contribution in [0.15, 0.2) is 10.5 Å². The van der Waals surface area contributed by atoms with E-state index < -0.39 is 5.97 Å². The molecule has 0 radical (unpaired) electrons. The fourth-order valence-electron chi connectivity index (χ4n) is 2.29. The zero-order valence-corrected chi connectivity index (χ0v) is 13.1. The summed E-state index contributed by atoms with van der Waals surface area (Å²) in [5.41, 5.74) is 0.912. The molecular formula is C15H26N2O3. The second-order valence-electron chi connectivity index (χ2n) is 5.97. The van der Waals surface area contributed by atoms with Gasteiger partial charge in [-0.05, 0) is 39.4 Å². The molecule has 1 heterocycles. The van der Waals surface area contributed by atoms with Gasteiger partial charge in [0.2, 0.25) is 5.76 Å². The molecule has 5 heteroatoms. The van der Waals surface area contributed by atoms with E-state index in [1.807, 2.05) is 0 Å². The Kier molecular flexibility index (Phi) is 6.23. The first-order chi connectivity index (χ1) is 9.29. The highest BCUT2D eigenvalue weighted by Gasteiger charge is 2.16. The fraction of sp³-hybridized carbons (Fsp3) is 0.667. The molecule has 2 N–H and O–H groups in total. The maximum absolute atomic E-state index is 10.9. The zero-order chi connectivity index (χ0) is 15.3. The Balaban J connectivity index is 2.64. The van der Waals surface area contributed by atoms with Crippen molar-refractivity contribution >= 4 is 5.97 Å². The molecule has 0 aromatic carbocycles. The van der Waals surface area contributed by atoms with E-state index in [4.69, 9.17) is 9.52 Å². The van der Waals surface area contributed by atoms with Gasteiger partial charge in [-0.25, -0.2) is 4.79 Å². The lowest BCUT2D eigenvalue weighted by Crippen LogP contribution is -2.38. The highest BCUT2D eigenvalue weighted by Crippen LogP contribution is 2.15. The summed E-state index contributed by atoms with van der Waals surface area (Å²) in [6, 6.07) is 1.99. The van der Waals surface area contributed by atoms with Crippen LogP contribution < -0.4 is 5.32 Å². The van der Waals surface area contributed by atoms with Crippen LogP contribution in [-0.2, 0) is 6.54 Å². The summed E-state index contributed by atoms with van der Waals surface area (Å²) in [4.78, 5) is 13.0. The van der Waals surface area contributed by atoms with Gasteiger partial charge in [-0.3, -0.25) is 0 Å². The molecule has 1 unspecified atom stereocenters. The van der Waals surface area contributed by atoms with Crippen molar-refractivity contribution < 1.29 is 14.3 Å². The minimum absolute atomic E-state index is 0.00678. The predicted molar refractivity (Wildman–Crippen MR) is 79.0 cm³/mol. The summed E-state index contributed by atoms with van der Waals surface area (Å²) in [6.07, 6.45) is 1.08. The van der Waals surface area contributed by atoms with Crippen molar-refractivity contribution in [2.45, 2.75) is 39.8 Å². The smallest absolute Gasteiger partial charge is 0.371 e. The number of carboxylic acids is 1. The highest BCUT2D eigenvalue weighted by atomic mass is 16.4. The number of rotatable bonds is 8. The number of nitrogens with one attached hydrogen (secondary N) is 1. The maximum Gasteiger partial charge on any atom is 0.371 e. The Bertz CT molecular complexity index is 428. The number of aromatic carboxylic acids is 1. The first-order valence-corrected chi connectivity index (χ1v) is 7.00. The van der Waals surface area contributed by atoms with Crippen LogP contribution in [0.5, 0.6) is 0 Å². The molecule has 0 saturated heterocycles. The summed E-state index contributed by atoms with van der Waals surface area (Å²) < 4.78 is 5.22. The Hall–Kier alpha value is -1.33. The predicted octanol–water partition coefficient (Wildman–Crippen LogP) is 2.35. The van der Waals surface area contributed by atoms with Gasteiger partial charge in [0, 0.05) is 24.7 Å². The number of hydrogen-bond acceptors (Lipinski definition) is 4. The van der Waals surface area contributed by atoms with E-state index in [0.29, 0.717) is 24.3 Å². The zero-order valence-electron chi connectivity index (χ0n) is 13.1. The molecule has 0 aliphatic rings. The Morgan fingerprint density at radius 1 is 1.45 bits per heavy atom. The molecule has 1 aromatic heterocycles. The average molecular weight is 282 g/mol. The van der Waals surface area contributed by atoms with Crippen molar-refractivity contribution in [3.63, 3.8) is 0 Å². The monoisotopic (exact) mass is 282 g/mol. The van der Waals surface area contributed by atoms with Crippen LogP contribution in [0.2, 0.25) is 0 Å². The lowest BCUT2D eigenvalue weighted by molar-refractivity contribution is 0.0661. The summed E-state index contributed by atoms with van der Waals surface area (Å²) in [5.74, 6) is 0.272. The molecule has 0 bridgehead atoms.